The van der Waals surface area contributed by atoms with Gasteiger partial charge in [0, 0.05) is 19.5 Å². The average Bonchev–Trinajstić information content (AvgIpc) is 1.85. The summed E-state index contributed by atoms with van der Waals surface area (Å²) in [4.78, 5) is 9.00. The van der Waals surface area contributed by atoms with Crippen LogP contribution in [0.15, 0.2) is 0 Å². The molecular weight excluding hydrogens is 217 g/mol. The molecular formula is C6H19N2Na3O3. The van der Waals surface area contributed by atoms with Gasteiger partial charge in [-0.05, 0) is 6.92 Å². The fourth-order valence-electron chi connectivity index (χ4n) is 0.197. The zero-order valence-corrected chi connectivity index (χ0v) is 6.82. The topological polar surface area (TPSA) is 110 Å². The molecule has 0 aromatic carbocycles. The van der Waals surface area contributed by atoms with E-state index in [-0.39, 0.29) is 94.7 Å². The number of aliphatic hydroxyl groups is 1. The van der Waals surface area contributed by atoms with E-state index in [1.54, 1.807) is 6.92 Å². The van der Waals surface area contributed by atoms with Gasteiger partial charge in [-0.15, -0.1) is 0 Å². The minimum absolute atomic E-state index is 0. The number of aliphatic hydroxyl groups excluding tert-OH is 1. The van der Waals surface area contributed by atoms with Crippen LogP contribution in [-0.2, 0) is 4.79 Å². The number of hydrogen-bond acceptors (Lipinski definition) is 4. The van der Waals surface area contributed by atoms with Crippen molar-refractivity contribution in [1.82, 2.24) is 0 Å². The van der Waals surface area contributed by atoms with Crippen LogP contribution in [0, 0.1) is 0 Å². The van der Waals surface area contributed by atoms with Gasteiger partial charge in [-0.3, -0.25) is 4.79 Å². The molecule has 0 aromatic rings. The van der Waals surface area contributed by atoms with Crippen LogP contribution in [0.4, 0.5) is 0 Å². The molecule has 0 radical (unpaired) electrons. The van der Waals surface area contributed by atoms with Gasteiger partial charge in [0.2, 0.25) is 0 Å². The molecule has 0 amide bonds. The quantitative estimate of drug-likeness (QED) is 0.377. The molecule has 0 aromatic heterocycles. The van der Waals surface area contributed by atoms with Gasteiger partial charge in [0.15, 0.2) is 0 Å². The van der Waals surface area contributed by atoms with Crippen molar-refractivity contribution in [2.24, 2.45) is 11.5 Å². The van der Waals surface area contributed by atoms with Crippen molar-refractivity contribution in [3.8, 4) is 0 Å². The third kappa shape index (κ3) is 36.7. The molecule has 0 aliphatic rings. The van der Waals surface area contributed by atoms with E-state index in [4.69, 9.17) is 26.5 Å². The molecule has 0 heterocycles. The molecule has 0 saturated heterocycles. The van der Waals surface area contributed by atoms with Crippen molar-refractivity contribution in [2.45, 2.75) is 26.0 Å². The number of carboxylic acids is 1. The number of hydrogen-bond donors (Lipinski definition) is 4. The van der Waals surface area contributed by atoms with Crippen LogP contribution in [0.25, 0.3) is 0 Å². The van der Waals surface area contributed by atoms with E-state index >= 15 is 0 Å². The summed E-state index contributed by atoms with van der Waals surface area (Å²) in [7, 11) is 0. The van der Waals surface area contributed by atoms with E-state index in [9.17, 15) is 0 Å². The summed E-state index contributed by atoms with van der Waals surface area (Å²) in [5.41, 5.74) is 10.3. The Kier molecular flexibility index (Phi) is 44.3. The van der Waals surface area contributed by atoms with Gasteiger partial charge >= 0.3 is 88.7 Å². The van der Waals surface area contributed by atoms with Crippen molar-refractivity contribution in [3.63, 3.8) is 0 Å². The summed E-state index contributed by atoms with van der Waals surface area (Å²) in [6, 6.07) is -0.264. The summed E-state index contributed by atoms with van der Waals surface area (Å²) in [6.45, 7) is 3.05. The zero-order valence-electron chi connectivity index (χ0n) is 6.82. The van der Waals surface area contributed by atoms with Gasteiger partial charge in [-0.2, -0.15) is 0 Å². The van der Waals surface area contributed by atoms with E-state index in [1.165, 1.54) is 0 Å². The molecule has 0 saturated carbocycles. The number of nitrogens with two attached hydrogens (primary N) is 2. The number of carboxylic acid groups (broad SMARTS) is 1. The maximum atomic E-state index is 9.00. The number of aliphatic carboxylic acids is 1. The first kappa shape index (κ1) is 29.9. The third-order valence-corrected chi connectivity index (χ3v) is 0.892. The van der Waals surface area contributed by atoms with Crippen LogP contribution in [0.2, 0.25) is 0 Å². The first-order valence-corrected chi connectivity index (χ1v) is 3.25. The summed E-state index contributed by atoms with van der Waals surface area (Å²) >= 11 is 0. The van der Waals surface area contributed by atoms with E-state index in [2.05, 4.69) is 0 Å². The molecule has 74 valence electrons. The first-order valence-electron chi connectivity index (χ1n) is 3.25. The van der Waals surface area contributed by atoms with Gasteiger partial charge in [0.1, 0.15) is 0 Å². The molecule has 0 rings (SSSR count). The molecule has 8 heteroatoms. The molecule has 2 unspecified atom stereocenters. The second-order valence-corrected chi connectivity index (χ2v) is 2.16. The fraction of sp³-hybridized carbons (Fsp3) is 0.833. The monoisotopic (exact) mass is 236 g/mol. The molecule has 6 N–H and O–H groups in total. The third-order valence-electron chi connectivity index (χ3n) is 0.892. The van der Waals surface area contributed by atoms with E-state index in [1.807, 2.05) is 0 Å². The molecule has 0 spiro atoms. The van der Waals surface area contributed by atoms with E-state index in [0.717, 1.165) is 6.92 Å². The Bertz CT molecular complexity index is 112. The summed E-state index contributed by atoms with van der Waals surface area (Å²) in [5.74, 6) is -0.833. The summed E-state index contributed by atoms with van der Waals surface area (Å²) in [5, 5.41) is 16.0. The predicted molar refractivity (Wildman–Crippen MR) is 63.5 cm³/mol. The van der Waals surface area contributed by atoms with Gasteiger partial charge in [0.25, 0.3) is 5.97 Å². The van der Waals surface area contributed by atoms with Crippen LogP contribution < -0.4 is 11.5 Å². The fourth-order valence-corrected chi connectivity index (χ4v) is 0.197. The molecule has 0 bridgehead atoms. The van der Waals surface area contributed by atoms with Crippen LogP contribution >= 0.6 is 0 Å². The Morgan fingerprint density at radius 3 is 1.57 bits per heavy atom. The van der Waals surface area contributed by atoms with E-state index in [0.29, 0.717) is 6.54 Å². The van der Waals surface area contributed by atoms with Crippen LogP contribution in [0.1, 0.15) is 13.8 Å². The summed E-state index contributed by atoms with van der Waals surface area (Å²) in [6.07, 6.45) is -0.481. The van der Waals surface area contributed by atoms with Crippen LogP contribution in [0.5, 0.6) is 0 Å². The Hall–Kier alpha value is 2.35. The molecule has 0 aliphatic carbocycles. The normalized spacial score (nSPS) is 11.2. The SMILES string of the molecule is CC(=O)O.CC(O)C(N)CN.[NaH].[NaH].[NaH]. The molecule has 0 aliphatic heterocycles. The molecule has 0 fully saturated rings. The predicted octanol–water partition coefficient (Wildman–Crippen LogP) is -3.20. The first-order chi connectivity index (χ1) is 4.91. The minimum atomic E-state index is -0.833. The second-order valence-electron chi connectivity index (χ2n) is 2.16. The van der Waals surface area contributed by atoms with Crippen molar-refractivity contribution in [3.05, 3.63) is 0 Å². The van der Waals surface area contributed by atoms with E-state index < -0.39 is 12.1 Å². The molecule has 2 atom stereocenters. The Morgan fingerprint density at radius 1 is 1.36 bits per heavy atom. The van der Waals surface area contributed by atoms with Crippen LogP contribution in [-0.4, -0.2) is 124 Å². The standard InChI is InChI=1S/C4H12N2O.C2H4O2.3Na.3H/c1-3(7)4(6)2-5;1-2(3)4;;;;;;/h3-4,7H,2,5-6H2,1H3;1H3,(H,3,4);;;;;;. The molecule has 5 nitrogen and oxygen atoms in total. The van der Waals surface area contributed by atoms with Gasteiger partial charge in [-0.25, -0.2) is 0 Å². The Balaban J connectivity index is -0.0000000347. The van der Waals surface area contributed by atoms with Gasteiger partial charge < -0.3 is 21.7 Å². The number of rotatable bonds is 2. The van der Waals surface area contributed by atoms with Crippen LogP contribution in [0.3, 0.4) is 0 Å². The zero-order chi connectivity index (χ0) is 9.44. The average molecular weight is 236 g/mol. The summed E-state index contributed by atoms with van der Waals surface area (Å²) < 4.78 is 0. The van der Waals surface area contributed by atoms with Gasteiger partial charge in [0.05, 0.1) is 6.10 Å². The van der Waals surface area contributed by atoms with Crippen molar-refractivity contribution < 1.29 is 15.0 Å². The Labute approximate surface area is 151 Å². The van der Waals surface area contributed by atoms with Crippen molar-refractivity contribution in [1.29, 1.82) is 0 Å². The Morgan fingerprint density at radius 2 is 1.57 bits per heavy atom. The number of carbonyl (C=O) groups is 1. The van der Waals surface area contributed by atoms with Crippen molar-refractivity contribution in [2.75, 3.05) is 6.54 Å². The second kappa shape index (κ2) is 20.7. The van der Waals surface area contributed by atoms with Gasteiger partial charge in [-0.1, -0.05) is 0 Å². The molecule has 14 heavy (non-hydrogen) atoms. The maximum absolute atomic E-state index is 9.00. The van der Waals surface area contributed by atoms with Crippen molar-refractivity contribution >= 4 is 94.6 Å².